The fourth-order valence-electron chi connectivity index (χ4n) is 3.13. The molecule has 4 rings (SSSR count). The summed E-state index contributed by atoms with van der Waals surface area (Å²) in [6.45, 7) is 3.66. The van der Waals surface area contributed by atoms with Crippen molar-refractivity contribution >= 4 is 0 Å². The molecule has 0 amide bonds. The van der Waals surface area contributed by atoms with Crippen molar-refractivity contribution in [2.75, 3.05) is 13.7 Å². The number of hydrogen-bond donors (Lipinski definition) is 0. The molecule has 0 aliphatic carbocycles. The van der Waals surface area contributed by atoms with Crippen molar-refractivity contribution in [3.8, 4) is 17.1 Å². The second-order valence-electron chi connectivity index (χ2n) is 6.02. The number of methoxy groups -OCH3 is 1. The predicted molar refractivity (Wildman–Crippen MR) is 92.6 cm³/mol. The maximum Gasteiger partial charge on any atom is 0.164 e. The van der Waals surface area contributed by atoms with Crippen LogP contribution in [-0.2, 0) is 19.6 Å². The number of fused-ring (bicyclic) bond motifs is 1. The average molecular weight is 320 g/mol. The molecule has 24 heavy (non-hydrogen) atoms. The minimum Gasteiger partial charge on any atom is -0.497 e. The number of ether oxygens (including phenoxy) is 1. The lowest BCUT2D eigenvalue weighted by Gasteiger charge is -2.27. The van der Waals surface area contributed by atoms with Gasteiger partial charge in [-0.2, -0.15) is 0 Å². The lowest BCUT2D eigenvalue weighted by Crippen LogP contribution is -2.33. The summed E-state index contributed by atoms with van der Waals surface area (Å²) in [5.41, 5.74) is 2.41. The number of nitrogens with zero attached hydrogens (tertiary/aromatic N) is 4. The Kier molecular flexibility index (Phi) is 4.01. The Morgan fingerprint density at radius 1 is 0.958 bits per heavy atom. The zero-order valence-electron chi connectivity index (χ0n) is 13.7. The first-order valence-corrected chi connectivity index (χ1v) is 8.16. The van der Waals surface area contributed by atoms with Crippen molar-refractivity contribution in [3.05, 3.63) is 66.0 Å². The molecular formula is C19H20N4O. The molecule has 2 heterocycles. The maximum absolute atomic E-state index is 5.22. The van der Waals surface area contributed by atoms with E-state index in [0.717, 1.165) is 49.1 Å². The smallest absolute Gasteiger partial charge is 0.164 e. The first-order valence-electron chi connectivity index (χ1n) is 8.16. The molecule has 0 atom stereocenters. The molecule has 0 saturated carbocycles. The van der Waals surface area contributed by atoms with Gasteiger partial charge in [-0.05, 0) is 17.7 Å². The first kappa shape index (κ1) is 14.9. The minimum absolute atomic E-state index is 0.825. The molecule has 0 bridgehead atoms. The molecule has 0 N–H and O–H groups in total. The predicted octanol–water partition coefficient (Wildman–Crippen LogP) is 2.97. The fraction of sp³-hybridized carbons (Fsp3) is 0.263. The van der Waals surface area contributed by atoms with Crippen molar-refractivity contribution in [1.29, 1.82) is 0 Å². The maximum atomic E-state index is 5.22. The largest absolute Gasteiger partial charge is 0.497 e. The van der Waals surface area contributed by atoms with E-state index in [1.807, 2.05) is 30.3 Å². The molecule has 1 aliphatic rings. The Bertz CT molecular complexity index is 811. The van der Waals surface area contributed by atoms with Gasteiger partial charge in [-0.1, -0.05) is 42.5 Å². The van der Waals surface area contributed by atoms with Crippen molar-refractivity contribution in [1.82, 2.24) is 19.7 Å². The van der Waals surface area contributed by atoms with E-state index in [0.29, 0.717) is 0 Å². The van der Waals surface area contributed by atoms with E-state index in [2.05, 4.69) is 43.9 Å². The summed E-state index contributed by atoms with van der Waals surface area (Å²) >= 11 is 0. The molecule has 2 aromatic carbocycles. The van der Waals surface area contributed by atoms with Gasteiger partial charge >= 0.3 is 0 Å². The molecule has 0 spiro atoms. The number of benzene rings is 2. The van der Waals surface area contributed by atoms with Crippen LogP contribution in [0.15, 0.2) is 54.6 Å². The number of rotatable bonds is 4. The Morgan fingerprint density at radius 2 is 1.75 bits per heavy atom. The Morgan fingerprint density at radius 3 is 2.50 bits per heavy atom. The number of aromatic nitrogens is 3. The van der Waals surface area contributed by atoms with E-state index in [-0.39, 0.29) is 0 Å². The van der Waals surface area contributed by atoms with E-state index < -0.39 is 0 Å². The SMILES string of the molecule is COc1ccc(CN2CCn3c(nnc3-c3ccccc3)C2)cc1. The fourth-order valence-corrected chi connectivity index (χ4v) is 3.13. The standard InChI is InChI=1S/C19H20N4O/c1-24-17-9-7-15(8-10-17)13-22-11-12-23-18(14-22)20-21-19(23)16-5-3-2-4-6-16/h2-10H,11-14H2,1H3. The van der Waals surface area contributed by atoms with Crippen LogP contribution in [0.4, 0.5) is 0 Å². The van der Waals surface area contributed by atoms with Gasteiger partial charge in [0.15, 0.2) is 5.82 Å². The third kappa shape index (κ3) is 2.90. The summed E-state index contributed by atoms with van der Waals surface area (Å²) in [6.07, 6.45) is 0. The van der Waals surface area contributed by atoms with Crippen molar-refractivity contribution in [2.24, 2.45) is 0 Å². The van der Waals surface area contributed by atoms with Crippen LogP contribution in [0.1, 0.15) is 11.4 Å². The van der Waals surface area contributed by atoms with Gasteiger partial charge in [0.1, 0.15) is 11.6 Å². The molecule has 122 valence electrons. The summed E-state index contributed by atoms with van der Waals surface area (Å²) in [5, 5.41) is 8.81. The normalized spacial score (nSPS) is 14.4. The quantitative estimate of drug-likeness (QED) is 0.741. The lowest BCUT2D eigenvalue weighted by atomic mass is 10.2. The highest BCUT2D eigenvalue weighted by Crippen LogP contribution is 2.22. The van der Waals surface area contributed by atoms with Gasteiger partial charge in [0.25, 0.3) is 0 Å². The summed E-state index contributed by atoms with van der Waals surface area (Å²) in [4.78, 5) is 2.40. The highest BCUT2D eigenvalue weighted by atomic mass is 16.5. The van der Waals surface area contributed by atoms with Gasteiger partial charge in [-0.3, -0.25) is 4.90 Å². The van der Waals surface area contributed by atoms with Gasteiger partial charge in [0.2, 0.25) is 0 Å². The van der Waals surface area contributed by atoms with Gasteiger partial charge < -0.3 is 9.30 Å². The van der Waals surface area contributed by atoms with Crippen LogP contribution < -0.4 is 4.74 Å². The molecule has 1 aliphatic heterocycles. The molecule has 0 fully saturated rings. The van der Waals surface area contributed by atoms with Crippen LogP contribution >= 0.6 is 0 Å². The molecule has 5 heteroatoms. The Hall–Kier alpha value is -2.66. The second kappa shape index (κ2) is 6.45. The minimum atomic E-state index is 0.825. The van der Waals surface area contributed by atoms with E-state index in [9.17, 15) is 0 Å². The zero-order valence-corrected chi connectivity index (χ0v) is 13.7. The van der Waals surface area contributed by atoms with Crippen LogP contribution in [0.25, 0.3) is 11.4 Å². The molecule has 0 saturated heterocycles. The van der Waals surface area contributed by atoms with Crippen LogP contribution in [-0.4, -0.2) is 33.3 Å². The van der Waals surface area contributed by atoms with Gasteiger partial charge in [-0.15, -0.1) is 10.2 Å². The van der Waals surface area contributed by atoms with Crippen LogP contribution in [0.2, 0.25) is 0 Å². The highest BCUT2D eigenvalue weighted by molar-refractivity contribution is 5.55. The third-order valence-electron chi connectivity index (χ3n) is 4.43. The summed E-state index contributed by atoms with van der Waals surface area (Å²) in [6, 6.07) is 18.5. The lowest BCUT2D eigenvalue weighted by molar-refractivity contribution is 0.209. The molecule has 0 unspecified atom stereocenters. The Balaban J connectivity index is 1.49. The summed E-state index contributed by atoms with van der Waals surface area (Å²) in [7, 11) is 1.69. The second-order valence-corrected chi connectivity index (χ2v) is 6.02. The van der Waals surface area contributed by atoms with E-state index in [4.69, 9.17) is 4.74 Å². The van der Waals surface area contributed by atoms with Crippen LogP contribution in [0.5, 0.6) is 5.75 Å². The van der Waals surface area contributed by atoms with Crippen molar-refractivity contribution in [3.63, 3.8) is 0 Å². The average Bonchev–Trinajstić information content (AvgIpc) is 3.06. The molecule has 3 aromatic rings. The van der Waals surface area contributed by atoms with E-state index in [1.165, 1.54) is 5.56 Å². The number of hydrogen-bond acceptors (Lipinski definition) is 4. The molecular weight excluding hydrogens is 300 g/mol. The summed E-state index contributed by atoms with van der Waals surface area (Å²) in [5.74, 6) is 2.90. The summed E-state index contributed by atoms with van der Waals surface area (Å²) < 4.78 is 7.45. The van der Waals surface area contributed by atoms with Crippen molar-refractivity contribution < 1.29 is 4.74 Å². The highest BCUT2D eigenvalue weighted by Gasteiger charge is 2.21. The van der Waals surface area contributed by atoms with Gasteiger partial charge in [-0.25, -0.2) is 0 Å². The van der Waals surface area contributed by atoms with Gasteiger partial charge in [0.05, 0.1) is 13.7 Å². The van der Waals surface area contributed by atoms with E-state index in [1.54, 1.807) is 7.11 Å². The molecule has 5 nitrogen and oxygen atoms in total. The van der Waals surface area contributed by atoms with Gasteiger partial charge in [0, 0.05) is 25.2 Å². The third-order valence-corrected chi connectivity index (χ3v) is 4.43. The van der Waals surface area contributed by atoms with Crippen LogP contribution in [0.3, 0.4) is 0 Å². The van der Waals surface area contributed by atoms with E-state index >= 15 is 0 Å². The van der Waals surface area contributed by atoms with Crippen LogP contribution in [0, 0.1) is 0 Å². The monoisotopic (exact) mass is 320 g/mol. The molecule has 1 aromatic heterocycles. The van der Waals surface area contributed by atoms with Crippen molar-refractivity contribution in [2.45, 2.75) is 19.6 Å². The topological polar surface area (TPSA) is 43.2 Å². The zero-order chi connectivity index (χ0) is 16.4. The molecule has 0 radical (unpaired) electrons. The first-order chi connectivity index (χ1) is 11.8. The Labute approximate surface area is 141 Å².